The molecule has 1 aromatic carbocycles. The molecule has 1 aliphatic heterocycles. The number of nitrogens with one attached hydrogen (secondary N) is 1. The number of rotatable bonds is 3. The molecule has 2 fully saturated rings. The lowest BCUT2D eigenvalue weighted by Gasteiger charge is -2.30. The number of halogens is 4. The highest BCUT2D eigenvalue weighted by molar-refractivity contribution is 5.85. The highest BCUT2D eigenvalue weighted by atomic mass is 35.5. The average Bonchev–Trinajstić information content (AvgIpc) is 3.32. The number of alkyl halides is 3. The molecular formula is C19H24ClF3N4O. The van der Waals surface area contributed by atoms with E-state index in [1.165, 1.54) is 12.1 Å². The molecule has 0 amide bonds. The Hall–Kier alpha value is -1.64. The van der Waals surface area contributed by atoms with Crippen LogP contribution in [0.25, 0.3) is 0 Å². The normalized spacial score (nSPS) is 22.8. The summed E-state index contributed by atoms with van der Waals surface area (Å²) >= 11 is 0. The summed E-state index contributed by atoms with van der Waals surface area (Å²) in [7, 11) is 2.01. The van der Waals surface area contributed by atoms with E-state index in [0.717, 1.165) is 38.5 Å². The van der Waals surface area contributed by atoms with E-state index >= 15 is 0 Å². The lowest BCUT2D eigenvalue weighted by atomic mass is 9.78. The maximum atomic E-state index is 13.2. The fourth-order valence-corrected chi connectivity index (χ4v) is 4.26. The molecule has 0 radical (unpaired) electrons. The summed E-state index contributed by atoms with van der Waals surface area (Å²) in [6.45, 7) is 2.52. The molecule has 1 saturated carbocycles. The topological polar surface area (TPSA) is 54.2 Å². The van der Waals surface area contributed by atoms with E-state index in [1.807, 2.05) is 7.05 Å². The average molecular weight is 417 g/mol. The number of hydrogen-bond acceptors (Lipinski definition) is 5. The van der Waals surface area contributed by atoms with Crippen LogP contribution in [-0.2, 0) is 11.6 Å². The second-order valence-electron chi connectivity index (χ2n) is 7.53. The van der Waals surface area contributed by atoms with Crippen LogP contribution in [-0.4, -0.2) is 41.7 Å². The van der Waals surface area contributed by atoms with Crippen molar-refractivity contribution in [1.29, 1.82) is 0 Å². The van der Waals surface area contributed by atoms with Crippen molar-refractivity contribution in [2.45, 2.75) is 43.3 Å². The standard InChI is InChI=1S/C19H23F3N4O.ClH/c1-26-10-9-23-12-15(26)16-24-17(27-25-16)18(7-2-3-8-18)13-5-4-6-14(11-13)19(20,21)22;/h4-6,11,15,23H,2-3,7-10,12H2,1H3;1H. The number of piperazine rings is 1. The van der Waals surface area contributed by atoms with Crippen LogP contribution in [0.5, 0.6) is 0 Å². The van der Waals surface area contributed by atoms with Crippen molar-refractivity contribution in [3.8, 4) is 0 Å². The zero-order valence-corrected chi connectivity index (χ0v) is 16.4. The monoisotopic (exact) mass is 416 g/mol. The van der Waals surface area contributed by atoms with Crippen molar-refractivity contribution >= 4 is 12.4 Å². The van der Waals surface area contributed by atoms with Gasteiger partial charge in [0.2, 0.25) is 5.89 Å². The van der Waals surface area contributed by atoms with Gasteiger partial charge in [0, 0.05) is 19.6 Å². The van der Waals surface area contributed by atoms with Gasteiger partial charge in [0.15, 0.2) is 5.82 Å². The molecule has 1 saturated heterocycles. The van der Waals surface area contributed by atoms with Crippen LogP contribution in [0.1, 0.15) is 54.6 Å². The van der Waals surface area contributed by atoms with E-state index in [-0.39, 0.29) is 18.4 Å². The minimum Gasteiger partial charge on any atom is -0.338 e. The molecule has 0 spiro atoms. The quantitative estimate of drug-likeness (QED) is 0.821. The minimum atomic E-state index is -4.37. The Labute approximate surface area is 168 Å². The highest BCUT2D eigenvalue weighted by Gasteiger charge is 2.44. The summed E-state index contributed by atoms with van der Waals surface area (Å²) in [6.07, 6.45) is -1.08. The Morgan fingerprint density at radius 3 is 2.68 bits per heavy atom. The molecule has 2 heterocycles. The maximum Gasteiger partial charge on any atom is 0.416 e. The number of likely N-dealkylation sites (N-methyl/N-ethyl adjacent to an activating group) is 1. The van der Waals surface area contributed by atoms with Crippen LogP contribution in [0, 0.1) is 0 Å². The zero-order valence-electron chi connectivity index (χ0n) is 15.6. The number of aromatic nitrogens is 2. The number of benzene rings is 1. The van der Waals surface area contributed by atoms with Crippen molar-refractivity contribution in [3.63, 3.8) is 0 Å². The maximum absolute atomic E-state index is 13.2. The van der Waals surface area contributed by atoms with Crippen LogP contribution in [0.2, 0.25) is 0 Å². The van der Waals surface area contributed by atoms with Gasteiger partial charge in [0.25, 0.3) is 0 Å². The van der Waals surface area contributed by atoms with Gasteiger partial charge in [0.1, 0.15) is 0 Å². The van der Waals surface area contributed by atoms with Crippen LogP contribution in [0.15, 0.2) is 28.8 Å². The lowest BCUT2D eigenvalue weighted by molar-refractivity contribution is -0.137. The van der Waals surface area contributed by atoms with E-state index in [4.69, 9.17) is 4.52 Å². The summed E-state index contributed by atoms with van der Waals surface area (Å²) in [5.74, 6) is 1.03. The molecule has 1 unspecified atom stereocenters. The van der Waals surface area contributed by atoms with Crippen molar-refractivity contribution in [1.82, 2.24) is 20.4 Å². The smallest absolute Gasteiger partial charge is 0.338 e. The molecule has 5 nitrogen and oxygen atoms in total. The van der Waals surface area contributed by atoms with E-state index in [0.29, 0.717) is 30.1 Å². The SMILES string of the molecule is CN1CCNCC1c1noc(C2(c3cccc(C(F)(F)F)c3)CCCC2)n1.Cl. The first-order chi connectivity index (χ1) is 12.9. The van der Waals surface area contributed by atoms with E-state index < -0.39 is 17.2 Å². The first-order valence-corrected chi connectivity index (χ1v) is 9.33. The molecule has 1 atom stereocenters. The summed E-state index contributed by atoms with van der Waals surface area (Å²) < 4.78 is 45.3. The first kappa shape index (κ1) is 21.1. The van der Waals surface area contributed by atoms with Gasteiger partial charge < -0.3 is 9.84 Å². The molecular weight excluding hydrogens is 393 g/mol. The number of nitrogens with zero attached hydrogens (tertiary/aromatic N) is 3. The first-order valence-electron chi connectivity index (χ1n) is 9.33. The van der Waals surface area contributed by atoms with E-state index in [2.05, 4.69) is 20.4 Å². The van der Waals surface area contributed by atoms with Crippen molar-refractivity contribution in [3.05, 3.63) is 47.1 Å². The lowest BCUT2D eigenvalue weighted by Crippen LogP contribution is -2.44. The van der Waals surface area contributed by atoms with Crippen LogP contribution in [0.3, 0.4) is 0 Å². The predicted molar refractivity (Wildman–Crippen MR) is 100 cm³/mol. The summed E-state index contributed by atoms with van der Waals surface area (Å²) in [4.78, 5) is 6.83. The van der Waals surface area contributed by atoms with E-state index in [1.54, 1.807) is 6.07 Å². The molecule has 2 aromatic rings. The van der Waals surface area contributed by atoms with Crippen molar-refractivity contribution in [2.24, 2.45) is 0 Å². The predicted octanol–water partition coefficient (Wildman–Crippen LogP) is 3.95. The third-order valence-electron chi connectivity index (χ3n) is 5.86. The molecule has 1 aliphatic carbocycles. The van der Waals surface area contributed by atoms with Gasteiger partial charge in [0.05, 0.1) is 17.0 Å². The molecule has 1 aromatic heterocycles. The molecule has 0 bridgehead atoms. The third kappa shape index (κ3) is 3.77. The van der Waals surface area contributed by atoms with Crippen molar-refractivity contribution < 1.29 is 17.7 Å². The van der Waals surface area contributed by atoms with E-state index in [9.17, 15) is 13.2 Å². The van der Waals surface area contributed by atoms with Gasteiger partial charge in [-0.15, -0.1) is 12.4 Å². The Balaban J connectivity index is 0.00000225. The zero-order chi connectivity index (χ0) is 19.1. The summed E-state index contributed by atoms with van der Waals surface area (Å²) in [5, 5.41) is 7.51. The fourth-order valence-electron chi connectivity index (χ4n) is 4.26. The van der Waals surface area contributed by atoms with Gasteiger partial charge >= 0.3 is 6.18 Å². The molecule has 154 valence electrons. The number of hydrogen-bond donors (Lipinski definition) is 1. The molecule has 1 N–H and O–H groups in total. The van der Waals surface area contributed by atoms with Gasteiger partial charge in [-0.25, -0.2) is 0 Å². The molecule has 2 aliphatic rings. The Morgan fingerprint density at radius 1 is 1.25 bits per heavy atom. The van der Waals surface area contributed by atoms with Gasteiger partial charge in [-0.1, -0.05) is 36.2 Å². The van der Waals surface area contributed by atoms with Crippen LogP contribution >= 0.6 is 12.4 Å². The van der Waals surface area contributed by atoms with Gasteiger partial charge in [-0.3, -0.25) is 4.90 Å². The summed E-state index contributed by atoms with van der Waals surface area (Å²) in [6, 6.07) is 5.57. The molecule has 9 heteroatoms. The minimum absolute atomic E-state index is 0. The molecule has 28 heavy (non-hydrogen) atoms. The van der Waals surface area contributed by atoms with Crippen molar-refractivity contribution in [2.75, 3.05) is 26.7 Å². The van der Waals surface area contributed by atoms with Crippen LogP contribution in [0.4, 0.5) is 13.2 Å². The third-order valence-corrected chi connectivity index (χ3v) is 5.86. The van der Waals surface area contributed by atoms with Gasteiger partial charge in [-0.05, 0) is 31.5 Å². The second kappa shape index (κ2) is 8.00. The van der Waals surface area contributed by atoms with Crippen LogP contribution < -0.4 is 5.32 Å². The molecule has 4 rings (SSSR count). The summed E-state index contributed by atoms with van der Waals surface area (Å²) in [5.41, 5.74) is -0.657. The second-order valence-corrected chi connectivity index (χ2v) is 7.53. The fraction of sp³-hybridized carbons (Fsp3) is 0.579. The highest BCUT2D eigenvalue weighted by Crippen LogP contribution is 2.47. The largest absolute Gasteiger partial charge is 0.416 e. The Kier molecular flexibility index (Phi) is 6.03. The Bertz CT molecular complexity index is 804. The van der Waals surface area contributed by atoms with Gasteiger partial charge in [-0.2, -0.15) is 18.2 Å². The Morgan fingerprint density at radius 2 is 2.00 bits per heavy atom.